The zero-order valence-electron chi connectivity index (χ0n) is 14.8. The Kier molecular flexibility index (Phi) is 5.28. The number of hydrogen-bond acceptors (Lipinski definition) is 3. The summed E-state index contributed by atoms with van der Waals surface area (Å²) in [5.74, 6) is -1.97. The number of amides is 1. The van der Waals surface area contributed by atoms with Crippen molar-refractivity contribution in [3.63, 3.8) is 0 Å². The van der Waals surface area contributed by atoms with Gasteiger partial charge in [0.05, 0.1) is 6.04 Å². The Balaban J connectivity index is 2.06. The number of anilines is 1. The second kappa shape index (κ2) is 7.28. The van der Waals surface area contributed by atoms with Crippen molar-refractivity contribution < 1.29 is 14.4 Å². The van der Waals surface area contributed by atoms with Crippen LogP contribution in [0.15, 0.2) is 18.2 Å². The molecule has 5 heteroatoms. The van der Waals surface area contributed by atoms with E-state index in [-0.39, 0.29) is 17.7 Å². The highest BCUT2D eigenvalue weighted by Crippen LogP contribution is 2.40. The number of halogens is 1. The van der Waals surface area contributed by atoms with Gasteiger partial charge in [-0.2, -0.15) is 0 Å². The third-order valence-corrected chi connectivity index (χ3v) is 5.98. The predicted molar refractivity (Wildman–Crippen MR) is 97.9 cm³/mol. The highest BCUT2D eigenvalue weighted by molar-refractivity contribution is 6.48. The van der Waals surface area contributed by atoms with Gasteiger partial charge < -0.3 is 4.90 Å². The molecular formula is C20H24ClNO3. The third kappa shape index (κ3) is 3.24. The minimum absolute atomic E-state index is 0.193. The lowest BCUT2D eigenvalue weighted by Gasteiger charge is -2.35. The van der Waals surface area contributed by atoms with Gasteiger partial charge in [0.25, 0.3) is 5.91 Å². The molecule has 1 saturated heterocycles. The van der Waals surface area contributed by atoms with E-state index >= 15 is 0 Å². The van der Waals surface area contributed by atoms with Gasteiger partial charge in [-0.15, -0.1) is 0 Å². The molecule has 1 aliphatic carbocycles. The van der Waals surface area contributed by atoms with E-state index in [0.717, 1.165) is 37.7 Å². The quantitative estimate of drug-likeness (QED) is 0.602. The molecule has 25 heavy (non-hydrogen) atoms. The smallest absolute Gasteiger partial charge is 0.295 e. The van der Waals surface area contributed by atoms with Crippen LogP contribution in [0.3, 0.4) is 0 Å². The summed E-state index contributed by atoms with van der Waals surface area (Å²) in [6.45, 7) is 3.42. The highest BCUT2D eigenvalue weighted by atomic mass is 35.5. The van der Waals surface area contributed by atoms with Crippen LogP contribution < -0.4 is 4.90 Å². The summed E-state index contributed by atoms with van der Waals surface area (Å²) in [4.78, 5) is 39.1. The fourth-order valence-corrected chi connectivity index (χ4v) is 4.60. The van der Waals surface area contributed by atoms with E-state index in [1.165, 1.54) is 13.3 Å². The summed E-state index contributed by atoms with van der Waals surface area (Å²) in [6.07, 6.45) is 6.01. The molecule has 0 N–H and O–H groups in total. The topological polar surface area (TPSA) is 54.5 Å². The molecule has 2 atom stereocenters. The lowest BCUT2D eigenvalue weighted by Crippen LogP contribution is -2.43. The summed E-state index contributed by atoms with van der Waals surface area (Å²) in [5.41, 5.74) is 1.62. The maximum Gasteiger partial charge on any atom is 0.295 e. The van der Waals surface area contributed by atoms with Crippen LogP contribution in [0.2, 0.25) is 5.02 Å². The zero-order valence-corrected chi connectivity index (χ0v) is 15.5. The molecule has 3 rings (SSSR count). The minimum Gasteiger partial charge on any atom is -0.301 e. The van der Waals surface area contributed by atoms with E-state index < -0.39 is 17.6 Å². The van der Waals surface area contributed by atoms with Gasteiger partial charge in [0.1, 0.15) is 11.7 Å². The predicted octanol–water partition coefficient (Wildman–Crippen LogP) is 3.97. The van der Waals surface area contributed by atoms with Crippen molar-refractivity contribution in [2.75, 3.05) is 4.90 Å². The second-order valence-electron chi connectivity index (χ2n) is 7.15. The van der Waals surface area contributed by atoms with Crippen LogP contribution in [0, 0.1) is 11.8 Å². The van der Waals surface area contributed by atoms with E-state index in [9.17, 15) is 14.4 Å². The third-order valence-electron chi connectivity index (χ3n) is 5.61. The van der Waals surface area contributed by atoms with E-state index in [2.05, 4.69) is 0 Å². The van der Waals surface area contributed by atoms with Gasteiger partial charge in [-0.25, -0.2) is 0 Å². The number of benzene rings is 1. The fraction of sp³-hybridized carbons (Fsp3) is 0.550. The van der Waals surface area contributed by atoms with Crippen LogP contribution in [0.5, 0.6) is 0 Å². The Morgan fingerprint density at radius 3 is 2.48 bits per heavy atom. The number of ketones is 2. The van der Waals surface area contributed by atoms with E-state index in [0.29, 0.717) is 10.7 Å². The Morgan fingerprint density at radius 2 is 1.88 bits per heavy atom. The van der Waals surface area contributed by atoms with Crippen molar-refractivity contribution in [2.24, 2.45) is 11.8 Å². The molecule has 1 aromatic carbocycles. The van der Waals surface area contributed by atoms with Crippen molar-refractivity contribution in [1.29, 1.82) is 0 Å². The zero-order chi connectivity index (χ0) is 18.1. The highest BCUT2D eigenvalue weighted by Gasteiger charge is 2.53. The van der Waals surface area contributed by atoms with Gasteiger partial charge in [0.15, 0.2) is 0 Å². The van der Waals surface area contributed by atoms with Gasteiger partial charge in [-0.05, 0) is 55.9 Å². The van der Waals surface area contributed by atoms with Gasteiger partial charge >= 0.3 is 0 Å². The van der Waals surface area contributed by atoms with Crippen LogP contribution in [0.1, 0.15) is 51.5 Å². The molecule has 2 aliphatic rings. The van der Waals surface area contributed by atoms with Crippen LogP contribution >= 0.6 is 11.6 Å². The number of nitrogens with zero attached hydrogens (tertiary/aromatic N) is 1. The molecule has 1 aromatic rings. The summed E-state index contributed by atoms with van der Waals surface area (Å²) in [7, 11) is 0. The first-order valence-corrected chi connectivity index (χ1v) is 9.49. The lowest BCUT2D eigenvalue weighted by atomic mass is 9.77. The monoisotopic (exact) mass is 361 g/mol. The lowest BCUT2D eigenvalue weighted by molar-refractivity contribution is -0.138. The van der Waals surface area contributed by atoms with Crippen LogP contribution in [0.25, 0.3) is 0 Å². The van der Waals surface area contributed by atoms with Crippen molar-refractivity contribution in [2.45, 2.75) is 58.4 Å². The number of aryl methyl sites for hydroxylation is 1. The maximum atomic E-state index is 12.7. The Labute approximate surface area is 153 Å². The van der Waals surface area contributed by atoms with E-state index in [1.807, 2.05) is 13.0 Å². The molecule has 4 nitrogen and oxygen atoms in total. The average molecular weight is 362 g/mol. The Morgan fingerprint density at radius 1 is 1.20 bits per heavy atom. The minimum atomic E-state index is -0.837. The van der Waals surface area contributed by atoms with Crippen molar-refractivity contribution in [3.8, 4) is 0 Å². The summed E-state index contributed by atoms with van der Waals surface area (Å²) >= 11 is 6.21. The number of carbonyl (C=O) groups is 3. The molecular weight excluding hydrogens is 338 g/mol. The summed E-state index contributed by atoms with van der Waals surface area (Å²) in [6, 6.07) is 5.08. The first kappa shape index (κ1) is 18.1. The Hall–Kier alpha value is -1.68. The Bertz CT molecular complexity index is 709. The van der Waals surface area contributed by atoms with Crippen LogP contribution in [0.4, 0.5) is 5.69 Å². The van der Waals surface area contributed by atoms with Crippen molar-refractivity contribution in [3.05, 3.63) is 28.8 Å². The van der Waals surface area contributed by atoms with Crippen molar-refractivity contribution >= 4 is 34.8 Å². The molecule has 1 aliphatic heterocycles. The first-order valence-electron chi connectivity index (χ1n) is 9.12. The molecule has 1 heterocycles. The summed E-state index contributed by atoms with van der Waals surface area (Å²) in [5, 5.41) is 0.654. The first-order chi connectivity index (χ1) is 12.0. The molecule has 1 amide bonds. The van der Waals surface area contributed by atoms with Gasteiger partial charge in [0, 0.05) is 10.7 Å². The van der Waals surface area contributed by atoms with Crippen LogP contribution in [-0.4, -0.2) is 23.5 Å². The number of Topliss-reactive ketones (excluding diaryl/α,β-unsaturated/α-hetero) is 2. The number of carbonyl (C=O) groups excluding carboxylic acids is 3. The summed E-state index contributed by atoms with van der Waals surface area (Å²) < 4.78 is 0. The molecule has 2 unspecified atom stereocenters. The number of rotatable bonds is 4. The SMILES string of the molecule is CCc1cc(N2C(=O)C(=O)C(C(C)=O)C2C2CCCCC2)ccc1Cl. The maximum absolute atomic E-state index is 12.7. The fourth-order valence-electron chi connectivity index (χ4n) is 4.35. The second-order valence-corrected chi connectivity index (χ2v) is 7.55. The molecule has 0 bridgehead atoms. The molecule has 0 aromatic heterocycles. The molecule has 1 saturated carbocycles. The largest absolute Gasteiger partial charge is 0.301 e. The van der Waals surface area contributed by atoms with Gasteiger partial charge in [-0.1, -0.05) is 37.8 Å². The molecule has 0 spiro atoms. The van der Waals surface area contributed by atoms with Gasteiger partial charge in [-0.3, -0.25) is 14.4 Å². The van der Waals surface area contributed by atoms with E-state index in [1.54, 1.807) is 17.0 Å². The standard InChI is InChI=1S/C20H24ClNO3/c1-3-13-11-15(9-10-16(13)21)22-18(14-7-5-4-6-8-14)17(12(2)23)19(24)20(22)25/h9-11,14,17-18H,3-8H2,1-2H3. The molecule has 134 valence electrons. The number of hydrogen-bond donors (Lipinski definition) is 0. The van der Waals surface area contributed by atoms with Crippen molar-refractivity contribution in [1.82, 2.24) is 0 Å². The van der Waals surface area contributed by atoms with Crippen LogP contribution in [-0.2, 0) is 20.8 Å². The average Bonchev–Trinajstić information content (AvgIpc) is 2.88. The molecule has 2 fully saturated rings. The van der Waals surface area contributed by atoms with E-state index in [4.69, 9.17) is 11.6 Å². The normalized spacial score (nSPS) is 24.8. The van der Waals surface area contributed by atoms with Gasteiger partial charge in [0.2, 0.25) is 5.78 Å². The molecule has 0 radical (unpaired) electrons.